The number of aryl methyl sites for hydroxylation is 2. The molecule has 0 aliphatic carbocycles. The van der Waals surface area contributed by atoms with Gasteiger partial charge in [0.05, 0.1) is 0 Å². The zero-order valence-corrected chi connectivity index (χ0v) is 13.7. The molecule has 16 heavy (non-hydrogen) atoms. The van der Waals surface area contributed by atoms with Crippen molar-refractivity contribution in [2.45, 2.75) is 13.8 Å². The molecule has 0 saturated heterocycles. The molecule has 0 aliphatic heterocycles. The van der Waals surface area contributed by atoms with Crippen LogP contribution in [0.2, 0.25) is 0 Å². The third-order valence-electron chi connectivity index (χ3n) is 2.52. The van der Waals surface area contributed by atoms with Crippen LogP contribution in [0.25, 0.3) is 0 Å². The number of rotatable bonds is 2. The monoisotopic (exact) mass is 426 g/mol. The Hall–Kier alpha value is -0.387. The second-order valence-electron chi connectivity index (χ2n) is 3.95. The molecule has 0 N–H and O–H groups in total. The molecule has 0 spiro atoms. The summed E-state index contributed by atoms with van der Waals surface area (Å²) in [4.78, 5) is 0. The van der Waals surface area contributed by atoms with E-state index >= 15 is 0 Å². The molecule has 2 aromatic rings. The Bertz CT molecular complexity index is 414. The molecule has 0 aromatic heterocycles. The second-order valence-corrected chi connectivity index (χ2v) is 13.1. The molecular weight excluding hydrogens is 413 g/mol. The summed E-state index contributed by atoms with van der Waals surface area (Å²) in [5, 5.41) is 0. The van der Waals surface area contributed by atoms with Crippen molar-refractivity contribution >= 4 is 35.6 Å². The van der Waals surface area contributed by atoms with Gasteiger partial charge in [0.25, 0.3) is 0 Å². The van der Waals surface area contributed by atoms with E-state index < -0.39 is 20.6 Å². The Morgan fingerprint density at radius 1 is 0.688 bits per heavy atom. The second kappa shape index (κ2) is 5.30. The van der Waals surface area contributed by atoms with Crippen LogP contribution in [0.5, 0.6) is 0 Å². The number of hydrogen-bond donors (Lipinski definition) is 0. The van der Waals surface area contributed by atoms with Gasteiger partial charge in [0, 0.05) is 0 Å². The maximum atomic E-state index is 6.64. The fourth-order valence-electron chi connectivity index (χ4n) is 1.50. The van der Waals surface area contributed by atoms with E-state index in [0.717, 1.165) is 0 Å². The standard InChI is InChI=1S/2C7H7.Bi.ClH/c2*1-7-5-3-2-4-6-7;;/h2*3-6H,1H3;;1H/q;;+1;/p-1. The van der Waals surface area contributed by atoms with Crippen molar-refractivity contribution < 1.29 is 0 Å². The molecule has 0 fully saturated rings. The van der Waals surface area contributed by atoms with Gasteiger partial charge in [-0.25, -0.2) is 0 Å². The zero-order valence-electron chi connectivity index (χ0n) is 9.44. The Labute approximate surface area is 108 Å². The molecule has 0 radical (unpaired) electrons. The molecule has 0 amide bonds. The van der Waals surface area contributed by atoms with Gasteiger partial charge in [-0.15, -0.1) is 0 Å². The van der Waals surface area contributed by atoms with Gasteiger partial charge in [-0.3, -0.25) is 0 Å². The van der Waals surface area contributed by atoms with E-state index in [9.17, 15) is 0 Å². The van der Waals surface area contributed by atoms with Gasteiger partial charge >= 0.3 is 109 Å². The summed E-state index contributed by atoms with van der Waals surface area (Å²) in [5.74, 6) is 0. The first-order chi connectivity index (χ1) is 7.66. The van der Waals surface area contributed by atoms with Crippen LogP contribution in [0.3, 0.4) is 0 Å². The van der Waals surface area contributed by atoms with Gasteiger partial charge in [-0.2, -0.15) is 0 Å². The van der Waals surface area contributed by atoms with Gasteiger partial charge in [0.1, 0.15) is 0 Å². The van der Waals surface area contributed by atoms with Gasteiger partial charge in [-0.1, -0.05) is 0 Å². The van der Waals surface area contributed by atoms with E-state index in [0.29, 0.717) is 0 Å². The Morgan fingerprint density at radius 2 is 1.00 bits per heavy atom. The van der Waals surface area contributed by atoms with E-state index in [2.05, 4.69) is 62.4 Å². The normalized spacial score (nSPS) is 10.8. The fraction of sp³-hybridized carbons (Fsp3) is 0.143. The Balaban J connectivity index is 2.28. The summed E-state index contributed by atoms with van der Waals surface area (Å²) in [6, 6.07) is 17.3. The predicted molar refractivity (Wildman–Crippen MR) is 73.2 cm³/mol. The molecule has 0 saturated carbocycles. The molecule has 0 unspecified atom stereocenters. The molecule has 2 heteroatoms. The molecule has 2 aromatic carbocycles. The van der Waals surface area contributed by atoms with Crippen LogP contribution in [-0.4, -0.2) is 20.6 Å². The predicted octanol–water partition coefficient (Wildman–Crippen LogP) is 2.65. The first kappa shape index (κ1) is 12.1. The maximum absolute atomic E-state index is 6.64. The molecular formula is C14H14BiCl. The molecule has 2 rings (SSSR count). The molecule has 82 valence electrons. The van der Waals surface area contributed by atoms with Gasteiger partial charge < -0.3 is 0 Å². The van der Waals surface area contributed by atoms with E-state index in [-0.39, 0.29) is 0 Å². The summed E-state index contributed by atoms with van der Waals surface area (Å²) in [5.41, 5.74) is 2.59. The first-order valence-electron chi connectivity index (χ1n) is 5.26. The van der Waals surface area contributed by atoms with Crippen LogP contribution >= 0.6 is 8.51 Å². The van der Waals surface area contributed by atoms with E-state index in [4.69, 9.17) is 8.51 Å². The van der Waals surface area contributed by atoms with Crippen LogP contribution in [0.4, 0.5) is 0 Å². The summed E-state index contributed by atoms with van der Waals surface area (Å²) < 4.78 is 2.71. The third-order valence-corrected chi connectivity index (χ3v) is 11.8. The Morgan fingerprint density at radius 3 is 1.31 bits per heavy atom. The molecule has 0 atom stereocenters. The topological polar surface area (TPSA) is 0 Å². The van der Waals surface area contributed by atoms with Crippen LogP contribution in [0.1, 0.15) is 11.1 Å². The van der Waals surface area contributed by atoms with E-state index in [1.165, 1.54) is 17.7 Å². The van der Waals surface area contributed by atoms with Crippen LogP contribution in [0.15, 0.2) is 48.5 Å². The zero-order chi connectivity index (χ0) is 11.5. The Kier molecular flexibility index (Phi) is 4.00. The number of benzene rings is 2. The van der Waals surface area contributed by atoms with Gasteiger partial charge in [0.15, 0.2) is 0 Å². The van der Waals surface area contributed by atoms with E-state index in [1.54, 1.807) is 0 Å². The van der Waals surface area contributed by atoms with Crippen molar-refractivity contribution in [2.24, 2.45) is 0 Å². The number of halogens is 1. The summed E-state index contributed by atoms with van der Waals surface area (Å²) in [6.07, 6.45) is 0. The molecule has 0 bridgehead atoms. The summed E-state index contributed by atoms with van der Waals surface area (Å²) in [7, 11) is 6.64. The van der Waals surface area contributed by atoms with Crippen molar-refractivity contribution in [2.75, 3.05) is 0 Å². The van der Waals surface area contributed by atoms with Crippen molar-refractivity contribution in [3.05, 3.63) is 59.7 Å². The third kappa shape index (κ3) is 2.84. The number of hydrogen-bond acceptors (Lipinski definition) is 0. The summed E-state index contributed by atoms with van der Waals surface area (Å²) >= 11 is -2.16. The quantitative estimate of drug-likeness (QED) is 0.648. The minimum absolute atomic E-state index is 1.29. The van der Waals surface area contributed by atoms with Crippen molar-refractivity contribution in [1.82, 2.24) is 0 Å². The molecule has 0 nitrogen and oxygen atoms in total. The average molecular weight is 427 g/mol. The summed E-state index contributed by atoms with van der Waals surface area (Å²) in [6.45, 7) is 4.21. The van der Waals surface area contributed by atoms with Gasteiger partial charge in [0.2, 0.25) is 0 Å². The van der Waals surface area contributed by atoms with E-state index in [1.807, 2.05) is 0 Å². The van der Waals surface area contributed by atoms with Crippen molar-refractivity contribution in [1.29, 1.82) is 0 Å². The van der Waals surface area contributed by atoms with Crippen molar-refractivity contribution in [3.8, 4) is 0 Å². The van der Waals surface area contributed by atoms with Crippen molar-refractivity contribution in [3.63, 3.8) is 0 Å². The SMILES string of the molecule is Cc1cc[c]([Bi]([Cl])[c]2ccc(C)cc2)cc1. The van der Waals surface area contributed by atoms with Crippen LogP contribution in [-0.2, 0) is 0 Å². The van der Waals surface area contributed by atoms with Gasteiger partial charge in [-0.05, 0) is 0 Å². The molecule has 0 aliphatic rings. The minimum atomic E-state index is -2.16. The molecule has 0 heterocycles. The van der Waals surface area contributed by atoms with Crippen LogP contribution < -0.4 is 6.54 Å². The fourth-order valence-corrected chi connectivity index (χ4v) is 7.83. The first-order valence-corrected chi connectivity index (χ1v) is 13.0. The average Bonchev–Trinajstić information content (AvgIpc) is 2.30. The van der Waals surface area contributed by atoms with Crippen LogP contribution in [0, 0.1) is 13.8 Å².